The number of nitrogen functional groups attached to an aromatic ring is 2. The molecule has 292 valence electrons. The first kappa shape index (κ1) is 46.3. The van der Waals surface area contributed by atoms with Gasteiger partial charge in [-0.1, -0.05) is 24.3 Å². The average molecular weight is 811 g/mol. The Bertz CT molecular complexity index is 1280. The van der Waals surface area contributed by atoms with Gasteiger partial charge in [-0.25, -0.2) is 19.2 Å². The van der Waals surface area contributed by atoms with E-state index in [9.17, 15) is 19.2 Å². The summed E-state index contributed by atoms with van der Waals surface area (Å²) in [6, 6.07) is 14.4. The van der Waals surface area contributed by atoms with E-state index in [1.807, 2.05) is 24.3 Å². The molecule has 52 heavy (non-hydrogen) atoms. The summed E-state index contributed by atoms with van der Waals surface area (Å²) in [5.74, 6) is 0. The van der Waals surface area contributed by atoms with Crippen LogP contribution < -0.4 is 22.1 Å². The lowest BCUT2D eigenvalue weighted by atomic mass is 9.96. The van der Waals surface area contributed by atoms with Crippen LogP contribution in [0.4, 0.5) is 30.6 Å². The van der Waals surface area contributed by atoms with Gasteiger partial charge in [-0.2, -0.15) is 0 Å². The SMILES string of the molecule is Cl.Cl.Cl.Cl.Nc1ccc(CNC(=O)N2CCN(C(=O)OC3CCCC(OC(=O)N4CCN(C(=O)NCc5ccc(N)cc5)CC4)CCC3)CC2)cc1. The highest BCUT2D eigenvalue weighted by molar-refractivity contribution is 5.86. The van der Waals surface area contributed by atoms with Crippen molar-refractivity contribution in [3.05, 3.63) is 59.7 Å². The van der Waals surface area contributed by atoms with E-state index in [1.54, 1.807) is 43.9 Å². The van der Waals surface area contributed by atoms with E-state index < -0.39 is 0 Å². The number of amides is 6. The molecule has 2 aromatic carbocycles. The first-order chi connectivity index (χ1) is 23.2. The van der Waals surface area contributed by atoms with Crippen molar-refractivity contribution in [3.8, 4) is 0 Å². The second-order valence-electron chi connectivity index (χ2n) is 12.6. The molecule has 2 aromatic rings. The molecule has 6 amide bonds. The van der Waals surface area contributed by atoms with Crippen LogP contribution in [0.2, 0.25) is 0 Å². The zero-order valence-electron chi connectivity index (χ0n) is 29.1. The predicted octanol–water partition coefficient (Wildman–Crippen LogP) is 5.26. The van der Waals surface area contributed by atoms with Crippen LogP contribution in [0.5, 0.6) is 0 Å². The van der Waals surface area contributed by atoms with Crippen molar-refractivity contribution < 1.29 is 28.7 Å². The number of nitrogens with one attached hydrogen (secondary N) is 2. The Morgan fingerprint density at radius 2 is 0.808 bits per heavy atom. The zero-order chi connectivity index (χ0) is 33.9. The number of carbonyl (C=O) groups excluding carboxylic acids is 4. The molecule has 2 saturated heterocycles. The summed E-state index contributed by atoms with van der Waals surface area (Å²) in [4.78, 5) is 57.8. The summed E-state index contributed by atoms with van der Waals surface area (Å²) in [6.07, 6.45) is 3.32. The van der Waals surface area contributed by atoms with E-state index in [1.165, 1.54) is 0 Å². The van der Waals surface area contributed by atoms with Crippen LogP contribution in [0.3, 0.4) is 0 Å². The molecule has 0 radical (unpaired) electrons. The molecular weight excluding hydrogens is 758 g/mol. The number of nitrogens with two attached hydrogens (primary N) is 2. The number of nitrogens with zero attached hydrogens (tertiary/aromatic N) is 4. The zero-order valence-corrected chi connectivity index (χ0v) is 32.4. The molecule has 0 unspecified atom stereocenters. The molecule has 14 nitrogen and oxygen atoms in total. The number of urea groups is 2. The second kappa shape index (κ2) is 23.1. The van der Waals surface area contributed by atoms with Gasteiger partial charge in [-0.05, 0) is 73.9 Å². The Morgan fingerprint density at radius 3 is 1.12 bits per heavy atom. The summed E-state index contributed by atoms with van der Waals surface area (Å²) < 4.78 is 11.7. The number of rotatable bonds is 6. The molecule has 1 aliphatic carbocycles. The predicted molar refractivity (Wildman–Crippen MR) is 210 cm³/mol. The topological polar surface area (TPSA) is 176 Å². The van der Waals surface area contributed by atoms with Crippen molar-refractivity contribution in [1.82, 2.24) is 30.2 Å². The summed E-state index contributed by atoms with van der Waals surface area (Å²) >= 11 is 0. The number of ether oxygens (including phenoxy) is 2. The maximum absolute atomic E-state index is 12.9. The molecule has 6 N–H and O–H groups in total. The summed E-state index contributed by atoms with van der Waals surface area (Å²) in [5.41, 5.74) is 14.7. The minimum atomic E-state index is -0.344. The maximum atomic E-state index is 12.9. The van der Waals surface area contributed by atoms with Crippen molar-refractivity contribution in [2.45, 2.75) is 63.8 Å². The Kier molecular flexibility index (Phi) is 20.5. The second-order valence-corrected chi connectivity index (χ2v) is 12.6. The van der Waals surface area contributed by atoms with Crippen molar-refractivity contribution in [1.29, 1.82) is 0 Å². The molecule has 0 atom stereocenters. The molecule has 18 heteroatoms. The summed E-state index contributed by atoms with van der Waals surface area (Å²) in [5, 5.41) is 5.84. The number of carbonyl (C=O) groups is 4. The molecule has 2 aliphatic heterocycles. The largest absolute Gasteiger partial charge is 0.446 e. The van der Waals surface area contributed by atoms with E-state index in [2.05, 4.69) is 10.6 Å². The Balaban J connectivity index is 0.00000338. The first-order valence-electron chi connectivity index (χ1n) is 16.9. The quantitative estimate of drug-likeness (QED) is 0.286. The van der Waals surface area contributed by atoms with Crippen molar-refractivity contribution in [3.63, 3.8) is 0 Å². The van der Waals surface area contributed by atoms with Gasteiger partial charge in [0.05, 0.1) is 0 Å². The van der Waals surface area contributed by atoms with Crippen molar-refractivity contribution >= 4 is 85.3 Å². The fourth-order valence-electron chi connectivity index (χ4n) is 6.14. The third kappa shape index (κ3) is 14.0. The van der Waals surface area contributed by atoms with Gasteiger partial charge in [0, 0.05) is 76.8 Å². The van der Waals surface area contributed by atoms with Gasteiger partial charge < -0.3 is 51.2 Å². The molecule has 0 aromatic heterocycles. The first-order valence-corrected chi connectivity index (χ1v) is 16.9. The van der Waals surface area contributed by atoms with E-state index in [0.717, 1.165) is 24.0 Å². The van der Waals surface area contributed by atoms with E-state index >= 15 is 0 Å². The average Bonchev–Trinajstić information content (AvgIpc) is 3.09. The monoisotopic (exact) mass is 808 g/mol. The van der Waals surface area contributed by atoms with Crippen LogP contribution in [0.15, 0.2) is 48.5 Å². The van der Waals surface area contributed by atoms with Gasteiger partial charge in [-0.3, -0.25) is 0 Å². The van der Waals surface area contributed by atoms with E-state index in [0.29, 0.717) is 103 Å². The number of anilines is 2. The van der Waals surface area contributed by atoms with Gasteiger partial charge in [0.1, 0.15) is 12.2 Å². The lowest BCUT2D eigenvalue weighted by Crippen LogP contribution is -2.53. The smallest absolute Gasteiger partial charge is 0.410 e. The summed E-state index contributed by atoms with van der Waals surface area (Å²) in [7, 11) is 0. The van der Waals surface area contributed by atoms with Crippen LogP contribution in [-0.2, 0) is 22.6 Å². The van der Waals surface area contributed by atoms with Crippen LogP contribution in [0.1, 0.15) is 49.7 Å². The molecular formula is C34H52Cl4N8O6. The Hall–Kier alpha value is -3.72. The minimum Gasteiger partial charge on any atom is -0.446 e. The molecule has 0 bridgehead atoms. The summed E-state index contributed by atoms with van der Waals surface area (Å²) in [6.45, 7) is 4.24. The minimum absolute atomic E-state index is 0. The standard InChI is InChI=1S/C34H48N8O6.4ClH/c35-27-11-7-25(8-12-27)23-37-31(43)39-15-19-41(20-16-39)33(45)47-29-3-1-4-30(6-2-5-29)48-34(46)42-21-17-40(18-22-42)32(44)38-24-26-9-13-28(36)14-10-26;;;;/h7-14,29-30H,1-6,15-24,35-36H2,(H,37,43)(H,38,44);4*1H. The molecule has 2 heterocycles. The fraction of sp³-hybridized carbons (Fsp3) is 0.529. The Labute approximate surface area is 330 Å². The highest BCUT2D eigenvalue weighted by atomic mass is 35.5. The number of piperazine rings is 2. The molecule has 0 spiro atoms. The number of hydrogen-bond donors (Lipinski definition) is 4. The lowest BCUT2D eigenvalue weighted by molar-refractivity contribution is 0.0196. The highest BCUT2D eigenvalue weighted by Crippen LogP contribution is 2.24. The normalized spacial score (nSPS) is 18.7. The molecule has 5 rings (SSSR count). The van der Waals surface area contributed by atoms with E-state index in [4.69, 9.17) is 20.9 Å². The number of halogens is 4. The van der Waals surface area contributed by atoms with E-state index in [-0.39, 0.29) is 86.1 Å². The van der Waals surface area contributed by atoms with Gasteiger partial charge in [0.2, 0.25) is 0 Å². The molecule has 3 aliphatic rings. The Morgan fingerprint density at radius 1 is 0.519 bits per heavy atom. The van der Waals surface area contributed by atoms with Gasteiger partial charge in [0.25, 0.3) is 0 Å². The van der Waals surface area contributed by atoms with Crippen molar-refractivity contribution in [2.75, 3.05) is 63.8 Å². The molecule has 3 fully saturated rings. The molecule has 1 saturated carbocycles. The fourth-order valence-corrected chi connectivity index (χ4v) is 6.14. The maximum Gasteiger partial charge on any atom is 0.410 e. The highest BCUT2D eigenvalue weighted by Gasteiger charge is 2.30. The third-order valence-corrected chi connectivity index (χ3v) is 9.14. The third-order valence-electron chi connectivity index (χ3n) is 9.14. The van der Waals surface area contributed by atoms with Gasteiger partial charge in [0.15, 0.2) is 0 Å². The van der Waals surface area contributed by atoms with Crippen LogP contribution in [0.25, 0.3) is 0 Å². The van der Waals surface area contributed by atoms with Gasteiger partial charge >= 0.3 is 24.2 Å². The number of hydrogen-bond acceptors (Lipinski definition) is 8. The van der Waals surface area contributed by atoms with Gasteiger partial charge in [-0.15, -0.1) is 49.6 Å². The van der Waals surface area contributed by atoms with Crippen LogP contribution in [-0.4, -0.2) is 108 Å². The number of benzene rings is 2. The van der Waals surface area contributed by atoms with Crippen LogP contribution >= 0.6 is 49.6 Å². The van der Waals surface area contributed by atoms with Crippen LogP contribution in [0, 0.1) is 0 Å². The lowest BCUT2D eigenvalue weighted by Gasteiger charge is -2.36. The van der Waals surface area contributed by atoms with Crippen molar-refractivity contribution in [2.24, 2.45) is 0 Å².